The second-order valence-electron chi connectivity index (χ2n) is 4.35. The van der Waals surface area contributed by atoms with Gasteiger partial charge in [-0.15, -0.1) is 11.3 Å². The molecule has 0 saturated carbocycles. The molecule has 1 aromatic rings. The zero-order valence-corrected chi connectivity index (χ0v) is 11.4. The summed E-state index contributed by atoms with van der Waals surface area (Å²) >= 11 is 1.27. The normalized spacial score (nSPS) is 19.2. The van der Waals surface area contributed by atoms with E-state index in [0.717, 1.165) is 0 Å². The number of hydrogen-bond acceptors (Lipinski definition) is 6. The minimum atomic E-state index is -0.946. The number of rotatable bonds is 4. The molecule has 1 aromatic heterocycles. The Morgan fingerprint density at radius 2 is 2.45 bits per heavy atom. The SMILES string of the molecule is N#Cc1ccsc1NC(=O)CN1CCNCC1C(=O)O. The van der Waals surface area contributed by atoms with Crippen LogP contribution in [0.2, 0.25) is 0 Å². The Labute approximate surface area is 119 Å². The van der Waals surface area contributed by atoms with E-state index in [4.69, 9.17) is 10.4 Å². The Balaban J connectivity index is 1.97. The maximum absolute atomic E-state index is 11.9. The molecule has 1 aliphatic rings. The van der Waals surface area contributed by atoms with E-state index < -0.39 is 12.0 Å². The largest absolute Gasteiger partial charge is 0.480 e. The number of nitrogens with zero attached hydrogens (tertiary/aromatic N) is 2. The van der Waals surface area contributed by atoms with Crippen molar-refractivity contribution in [3.05, 3.63) is 17.0 Å². The van der Waals surface area contributed by atoms with Gasteiger partial charge in [0, 0.05) is 19.6 Å². The van der Waals surface area contributed by atoms with Gasteiger partial charge in [-0.05, 0) is 11.4 Å². The highest BCUT2D eigenvalue weighted by Crippen LogP contribution is 2.22. The quantitative estimate of drug-likeness (QED) is 0.717. The number of carboxylic acid groups (broad SMARTS) is 1. The molecule has 0 aromatic carbocycles. The molecule has 2 rings (SSSR count). The highest BCUT2D eigenvalue weighted by atomic mass is 32.1. The third kappa shape index (κ3) is 3.33. The van der Waals surface area contributed by atoms with Crippen LogP contribution in [0.25, 0.3) is 0 Å². The van der Waals surface area contributed by atoms with Crippen molar-refractivity contribution in [1.82, 2.24) is 10.2 Å². The Bertz CT molecular complexity index is 551. The minimum absolute atomic E-state index is 0.00140. The lowest BCUT2D eigenvalue weighted by molar-refractivity contribution is -0.144. The van der Waals surface area contributed by atoms with Gasteiger partial charge in [0.15, 0.2) is 0 Å². The molecule has 0 aliphatic carbocycles. The number of carboxylic acids is 1. The zero-order valence-electron chi connectivity index (χ0n) is 10.6. The molecule has 1 aliphatic heterocycles. The van der Waals surface area contributed by atoms with Gasteiger partial charge in [-0.25, -0.2) is 0 Å². The van der Waals surface area contributed by atoms with Crippen LogP contribution in [0, 0.1) is 11.3 Å². The van der Waals surface area contributed by atoms with Crippen LogP contribution in [0.5, 0.6) is 0 Å². The number of aliphatic carboxylic acids is 1. The predicted molar refractivity (Wildman–Crippen MR) is 73.5 cm³/mol. The summed E-state index contributed by atoms with van der Waals surface area (Å²) in [6, 6.07) is 2.92. The van der Waals surface area contributed by atoms with Crippen LogP contribution in [0.1, 0.15) is 5.56 Å². The molecular formula is C12H14N4O3S. The monoisotopic (exact) mass is 294 g/mol. The van der Waals surface area contributed by atoms with Gasteiger partial charge in [0.25, 0.3) is 0 Å². The number of thiophene rings is 1. The molecule has 0 radical (unpaired) electrons. The summed E-state index contributed by atoms with van der Waals surface area (Å²) in [7, 11) is 0. The number of amides is 1. The summed E-state index contributed by atoms with van der Waals surface area (Å²) in [5.41, 5.74) is 0.415. The fourth-order valence-electron chi connectivity index (χ4n) is 2.02. The smallest absolute Gasteiger partial charge is 0.322 e. The van der Waals surface area contributed by atoms with E-state index in [-0.39, 0.29) is 12.5 Å². The van der Waals surface area contributed by atoms with Crippen molar-refractivity contribution in [2.24, 2.45) is 0 Å². The van der Waals surface area contributed by atoms with Gasteiger partial charge in [0.1, 0.15) is 17.1 Å². The number of carbonyl (C=O) groups excluding carboxylic acids is 1. The standard InChI is InChI=1S/C12H14N4O3S/c13-5-8-1-4-20-11(8)15-10(17)7-16-3-2-14-6-9(16)12(18)19/h1,4,9,14H,2-3,6-7H2,(H,15,17)(H,18,19). The van der Waals surface area contributed by atoms with E-state index in [2.05, 4.69) is 10.6 Å². The minimum Gasteiger partial charge on any atom is -0.480 e. The Morgan fingerprint density at radius 1 is 1.65 bits per heavy atom. The van der Waals surface area contributed by atoms with Crippen molar-refractivity contribution in [1.29, 1.82) is 5.26 Å². The van der Waals surface area contributed by atoms with E-state index in [0.29, 0.717) is 30.2 Å². The number of nitrogens with one attached hydrogen (secondary N) is 2. The van der Waals surface area contributed by atoms with E-state index in [1.807, 2.05) is 6.07 Å². The predicted octanol–water partition coefficient (Wildman–Crippen LogP) is -0.0833. The maximum Gasteiger partial charge on any atom is 0.322 e. The summed E-state index contributed by atoms with van der Waals surface area (Å²) in [6.45, 7) is 1.48. The first kappa shape index (κ1) is 14.5. The molecule has 2 heterocycles. The topological polar surface area (TPSA) is 105 Å². The van der Waals surface area contributed by atoms with Crippen LogP contribution in [0.3, 0.4) is 0 Å². The van der Waals surface area contributed by atoms with Gasteiger partial charge in [-0.3, -0.25) is 14.5 Å². The number of piperazine rings is 1. The van der Waals surface area contributed by atoms with E-state index in [1.54, 1.807) is 16.3 Å². The van der Waals surface area contributed by atoms with E-state index in [9.17, 15) is 9.59 Å². The van der Waals surface area contributed by atoms with Crippen molar-refractivity contribution >= 4 is 28.2 Å². The molecule has 8 heteroatoms. The number of anilines is 1. The summed E-state index contributed by atoms with van der Waals surface area (Å²) in [4.78, 5) is 24.7. The first-order chi connectivity index (χ1) is 9.61. The molecule has 106 valence electrons. The second-order valence-corrected chi connectivity index (χ2v) is 5.27. The third-order valence-corrected chi connectivity index (χ3v) is 3.85. The number of hydrogen-bond donors (Lipinski definition) is 3. The molecule has 1 saturated heterocycles. The molecule has 0 bridgehead atoms. The Hall–Kier alpha value is -1.95. The van der Waals surface area contributed by atoms with Gasteiger partial charge in [-0.2, -0.15) is 5.26 Å². The number of carbonyl (C=O) groups is 2. The average Bonchev–Trinajstić information content (AvgIpc) is 2.86. The number of nitriles is 1. The average molecular weight is 294 g/mol. The van der Waals surface area contributed by atoms with Crippen LogP contribution >= 0.6 is 11.3 Å². The zero-order chi connectivity index (χ0) is 14.5. The maximum atomic E-state index is 11.9. The van der Waals surface area contributed by atoms with Crippen LogP contribution in [-0.2, 0) is 9.59 Å². The lowest BCUT2D eigenvalue weighted by atomic mass is 10.2. The molecule has 1 amide bonds. The van der Waals surface area contributed by atoms with Gasteiger partial charge < -0.3 is 15.7 Å². The van der Waals surface area contributed by atoms with E-state index in [1.165, 1.54) is 11.3 Å². The molecule has 7 nitrogen and oxygen atoms in total. The molecule has 1 unspecified atom stereocenters. The highest BCUT2D eigenvalue weighted by molar-refractivity contribution is 7.14. The summed E-state index contributed by atoms with van der Waals surface area (Å²) in [6.07, 6.45) is 0. The van der Waals surface area contributed by atoms with Gasteiger partial charge in [-0.1, -0.05) is 0 Å². The highest BCUT2D eigenvalue weighted by Gasteiger charge is 2.29. The lowest BCUT2D eigenvalue weighted by Gasteiger charge is -2.32. The lowest BCUT2D eigenvalue weighted by Crippen LogP contribution is -2.56. The van der Waals surface area contributed by atoms with Gasteiger partial charge >= 0.3 is 5.97 Å². The van der Waals surface area contributed by atoms with E-state index >= 15 is 0 Å². The van der Waals surface area contributed by atoms with Crippen molar-refractivity contribution in [2.75, 3.05) is 31.5 Å². The summed E-state index contributed by atoms with van der Waals surface area (Å²) in [5.74, 6) is -1.25. The summed E-state index contributed by atoms with van der Waals surface area (Å²) < 4.78 is 0. The first-order valence-corrected chi connectivity index (χ1v) is 6.95. The molecule has 1 atom stereocenters. The van der Waals surface area contributed by atoms with Crippen LogP contribution in [0.4, 0.5) is 5.00 Å². The molecule has 0 spiro atoms. The van der Waals surface area contributed by atoms with Crippen molar-refractivity contribution in [2.45, 2.75) is 6.04 Å². The van der Waals surface area contributed by atoms with Crippen LogP contribution in [-0.4, -0.2) is 54.1 Å². The molecular weight excluding hydrogens is 280 g/mol. The Kier molecular flexibility index (Phi) is 4.68. The fourth-order valence-corrected chi connectivity index (χ4v) is 2.78. The first-order valence-electron chi connectivity index (χ1n) is 6.07. The van der Waals surface area contributed by atoms with Crippen LogP contribution < -0.4 is 10.6 Å². The summed E-state index contributed by atoms with van der Waals surface area (Å²) in [5, 5.41) is 25.8. The molecule has 20 heavy (non-hydrogen) atoms. The van der Waals surface area contributed by atoms with Crippen molar-refractivity contribution in [3.63, 3.8) is 0 Å². The Morgan fingerprint density at radius 3 is 3.15 bits per heavy atom. The second kappa shape index (κ2) is 6.47. The van der Waals surface area contributed by atoms with Gasteiger partial charge in [0.2, 0.25) is 5.91 Å². The fraction of sp³-hybridized carbons (Fsp3) is 0.417. The van der Waals surface area contributed by atoms with Crippen molar-refractivity contribution < 1.29 is 14.7 Å². The molecule has 3 N–H and O–H groups in total. The van der Waals surface area contributed by atoms with Gasteiger partial charge in [0.05, 0.1) is 12.1 Å². The molecule has 1 fully saturated rings. The van der Waals surface area contributed by atoms with Crippen molar-refractivity contribution in [3.8, 4) is 6.07 Å². The third-order valence-electron chi connectivity index (χ3n) is 3.02. The van der Waals surface area contributed by atoms with Crippen LogP contribution in [0.15, 0.2) is 11.4 Å².